The maximum absolute atomic E-state index is 10.9. The van der Waals surface area contributed by atoms with Gasteiger partial charge in [-0.1, -0.05) is 50.3 Å². The standard InChI is InChI=1S/C25H26O4/c1-17(13-24(26)27)5-6-20-15-25(2,3)16-29-23-12-9-19(14-22(20)23)18-7-10-21(28-4)11-8-18/h5-15H,16H2,1-4H3,(H,26,27). The lowest BCUT2D eigenvalue weighted by molar-refractivity contribution is -0.131. The molecule has 4 nitrogen and oxygen atoms in total. The molecular weight excluding hydrogens is 364 g/mol. The topological polar surface area (TPSA) is 55.8 Å². The maximum atomic E-state index is 10.9. The summed E-state index contributed by atoms with van der Waals surface area (Å²) in [5.74, 6) is 0.689. The van der Waals surface area contributed by atoms with Crippen molar-refractivity contribution in [3.05, 3.63) is 77.9 Å². The van der Waals surface area contributed by atoms with Crippen LogP contribution in [-0.2, 0) is 4.79 Å². The van der Waals surface area contributed by atoms with E-state index < -0.39 is 5.97 Å². The molecule has 0 amide bonds. The average molecular weight is 390 g/mol. The van der Waals surface area contributed by atoms with E-state index >= 15 is 0 Å². The summed E-state index contributed by atoms with van der Waals surface area (Å²) in [7, 11) is 1.65. The van der Waals surface area contributed by atoms with Crippen LogP contribution in [0.5, 0.6) is 11.5 Å². The molecule has 0 radical (unpaired) electrons. The number of methoxy groups -OCH3 is 1. The highest BCUT2D eigenvalue weighted by molar-refractivity contribution is 5.84. The molecule has 0 aromatic heterocycles. The van der Waals surface area contributed by atoms with Crippen LogP contribution >= 0.6 is 0 Å². The Labute approximate surface area is 171 Å². The number of carboxylic acids is 1. The van der Waals surface area contributed by atoms with Crippen LogP contribution in [0.15, 0.2) is 72.3 Å². The summed E-state index contributed by atoms with van der Waals surface area (Å²) >= 11 is 0. The Hall–Kier alpha value is -3.27. The van der Waals surface area contributed by atoms with Crippen LogP contribution in [0.1, 0.15) is 26.3 Å². The van der Waals surface area contributed by atoms with E-state index in [1.54, 1.807) is 14.0 Å². The van der Waals surface area contributed by atoms with Gasteiger partial charge in [0.15, 0.2) is 0 Å². The van der Waals surface area contributed by atoms with E-state index in [0.717, 1.165) is 33.8 Å². The number of aliphatic carboxylic acids is 1. The highest BCUT2D eigenvalue weighted by atomic mass is 16.5. The Balaban J connectivity index is 2.05. The van der Waals surface area contributed by atoms with Crippen molar-refractivity contribution in [1.82, 2.24) is 0 Å². The van der Waals surface area contributed by atoms with Gasteiger partial charge in [0.2, 0.25) is 0 Å². The van der Waals surface area contributed by atoms with Crippen molar-refractivity contribution >= 4 is 11.5 Å². The minimum absolute atomic E-state index is 0.149. The first-order chi connectivity index (χ1) is 13.8. The van der Waals surface area contributed by atoms with Crippen molar-refractivity contribution < 1.29 is 19.4 Å². The van der Waals surface area contributed by atoms with E-state index in [1.807, 2.05) is 42.5 Å². The van der Waals surface area contributed by atoms with Crippen LogP contribution in [0.4, 0.5) is 0 Å². The summed E-state index contributed by atoms with van der Waals surface area (Å²) in [6.45, 7) is 6.59. The summed E-state index contributed by atoms with van der Waals surface area (Å²) in [4.78, 5) is 10.9. The fraction of sp³-hybridized carbons (Fsp3) is 0.240. The lowest BCUT2D eigenvalue weighted by Crippen LogP contribution is -2.17. The number of carboxylic acid groups (broad SMARTS) is 1. The van der Waals surface area contributed by atoms with Gasteiger partial charge in [0.1, 0.15) is 11.5 Å². The first kappa shape index (κ1) is 20.5. The third-order valence-electron chi connectivity index (χ3n) is 4.74. The molecule has 0 atom stereocenters. The van der Waals surface area contributed by atoms with Crippen LogP contribution in [0, 0.1) is 5.41 Å². The Morgan fingerprint density at radius 2 is 1.83 bits per heavy atom. The SMILES string of the molecule is COc1ccc(-c2ccc3c(c2)C(C=CC(C)=CC(=O)O)=CC(C)(C)CO3)cc1. The first-order valence-electron chi connectivity index (χ1n) is 9.51. The van der Waals surface area contributed by atoms with Gasteiger partial charge >= 0.3 is 5.97 Å². The van der Waals surface area contributed by atoms with E-state index in [1.165, 1.54) is 6.08 Å². The molecule has 0 fully saturated rings. The molecule has 2 aromatic carbocycles. The van der Waals surface area contributed by atoms with Crippen molar-refractivity contribution in [3.8, 4) is 22.6 Å². The van der Waals surface area contributed by atoms with Gasteiger partial charge in [-0.3, -0.25) is 0 Å². The van der Waals surface area contributed by atoms with Gasteiger partial charge in [-0.15, -0.1) is 0 Å². The number of benzene rings is 2. The monoisotopic (exact) mass is 390 g/mol. The minimum atomic E-state index is -0.951. The maximum Gasteiger partial charge on any atom is 0.328 e. The largest absolute Gasteiger partial charge is 0.497 e. The van der Waals surface area contributed by atoms with Crippen LogP contribution in [-0.4, -0.2) is 24.8 Å². The Morgan fingerprint density at radius 3 is 2.48 bits per heavy atom. The number of hydrogen-bond donors (Lipinski definition) is 1. The zero-order valence-corrected chi connectivity index (χ0v) is 17.2. The van der Waals surface area contributed by atoms with Gasteiger partial charge in [0.05, 0.1) is 13.7 Å². The van der Waals surface area contributed by atoms with Gasteiger partial charge < -0.3 is 14.6 Å². The highest BCUT2D eigenvalue weighted by Gasteiger charge is 2.23. The van der Waals surface area contributed by atoms with Crippen molar-refractivity contribution in [1.29, 1.82) is 0 Å². The second-order valence-electron chi connectivity index (χ2n) is 7.88. The number of fused-ring (bicyclic) bond motifs is 1. The number of ether oxygens (including phenoxy) is 2. The Morgan fingerprint density at radius 1 is 1.14 bits per heavy atom. The summed E-state index contributed by atoms with van der Waals surface area (Å²) in [6, 6.07) is 14.1. The third kappa shape index (κ3) is 5.17. The normalized spacial score (nSPS) is 15.9. The van der Waals surface area contributed by atoms with Gasteiger partial charge in [-0.05, 0) is 53.5 Å². The van der Waals surface area contributed by atoms with E-state index in [9.17, 15) is 4.79 Å². The number of allylic oxidation sites excluding steroid dienone is 4. The van der Waals surface area contributed by atoms with E-state index in [2.05, 4.69) is 32.1 Å². The van der Waals surface area contributed by atoms with E-state index in [-0.39, 0.29) is 5.41 Å². The minimum Gasteiger partial charge on any atom is -0.497 e. The fourth-order valence-corrected chi connectivity index (χ4v) is 3.25. The van der Waals surface area contributed by atoms with Crippen LogP contribution in [0.25, 0.3) is 16.7 Å². The second-order valence-corrected chi connectivity index (χ2v) is 7.88. The molecule has 2 aromatic rings. The molecule has 0 unspecified atom stereocenters. The van der Waals surface area contributed by atoms with Gasteiger partial charge in [-0.2, -0.15) is 0 Å². The molecule has 29 heavy (non-hydrogen) atoms. The van der Waals surface area contributed by atoms with Crippen LogP contribution in [0.2, 0.25) is 0 Å². The van der Waals surface area contributed by atoms with E-state index in [4.69, 9.17) is 14.6 Å². The van der Waals surface area contributed by atoms with Gasteiger partial charge in [0, 0.05) is 17.1 Å². The predicted octanol–water partition coefficient (Wildman–Crippen LogP) is 5.75. The summed E-state index contributed by atoms with van der Waals surface area (Å²) in [5.41, 5.74) is 4.69. The van der Waals surface area contributed by atoms with E-state index in [0.29, 0.717) is 12.2 Å². The zero-order chi connectivity index (χ0) is 21.0. The van der Waals surface area contributed by atoms with Crippen molar-refractivity contribution in [2.24, 2.45) is 5.41 Å². The molecule has 3 rings (SSSR count). The lowest BCUT2D eigenvalue weighted by atomic mass is 9.89. The molecule has 4 heteroatoms. The molecular formula is C25H26O4. The van der Waals surface area contributed by atoms with Gasteiger partial charge in [-0.25, -0.2) is 4.79 Å². The molecule has 1 heterocycles. The predicted molar refractivity (Wildman–Crippen MR) is 116 cm³/mol. The summed E-state index contributed by atoms with van der Waals surface area (Å²) in [6.07, 6.45) is 7.16. The van der Waals surface area contributed by atoms with Crippen molar-refractivity contribution in [3.63, 3.8) is 0 Å². The zero-order valence-electron chi connectivity index (χ0n) is 17.2. The highest BCUT2D eigenvalue weighted by Crippen LogP contribution is 2.38. The van der Waals surface area contributed by atoms with Crippen molar-refractivity contribution in [2.75, 3.05) is 13.7 Å². The molecule has 0 spiro atoms. The van der Waals surface area contributed by atoms with Gasteiger partial charge in [0.25, 0.3) is 0 Å². The molecule has 0 aliphatic carbocycles. The number of hydrogen-bond acceptors (Lipinski definition) is 3. The lowest BCUT2D eigenvalue weighted by Gasteiger charge is -2.18. The molecule has 0 saturated carbocycles. The molecule has 1 N–H and O–H groups in total. The van der Waals surface area contributed by atoms with Crippen molar-refractivity contribution in [2.45, 2.75) is 20.8 Å². The molecule has 1 aliphatic rings. The second kappa shape index (κ2) is 8.39. The molecule has 0 saturated heterocycles. The smallest absolute Gasteiger partial charge is 0.328 e. The Bertz CT molecular complexity index is 992. The number of carbonyl (C=O) groups is 1. The first-order valence-corrected chi connectivity index (χ1v) is 9.51. The molecule has 150 valence electrons. The molecule has 1 aliphatic heterocycles. The van der Waals surface area contributed by atoms with Crippen LogP contribution < -0.4 is 9.47 Å². The quantitative estimate of drug-likeness (QED) is 0.522. The number of rotatable bonds is 5. The van der Waals surface area contributed by atoms with Crippen LogP contribution in [0.3, 0.4) is 0 Å². The third-order valence-corrected chi connectivity index (χ3v) is 4.74. The average Bonchev–Trinajstić information content (AvgIpc) is 2.81. The fourth-order valence-electron chi connectivity index (χ4n) is 3.25. The Kier molecular flexibility index (Phi) is 5.92. The summed E-state index contributed by atoms with van der Waals surface area (Å²) in [5, 5.41) is 8.95. The summed E-state index contributed by atoms with van der Waals surface area (Å²) < 4.78 is 11.3. The molecule has 0 bridgehead atoms.